The summed E-state index contributed by atoms with van der Waals surface area (Å²) in [6.07, 6.45) is 5.49. The van der Waals surface area contributed by atoms with Gasteiger partial charge in [0.1, 0.15) is 0 Å². The summed E-state index contributed by atoms with van der Waals surface area (Å²) < 4.78 is 1.86. The second kappa shape index (κ2) is 7.05. The average molecular weight is 350 g/mol. The zero-order valence-electron chi connectivity index (χ0n) is 14.3. The van der Waals surface area contributed by atoms with Crippen molar-refractivity contribution in [2.45, 2.75) is 19.5 Å². The van der Waals surface area contributed by atoms with Crippen LogP contribution >= 0.6 is 0 Å². The van der Waals surface area contributed by atoms with Gasteiger partial charge in [-0.25, -0.2) is 0 Å². The lowest BCUT2D eigenvalue weighted by atomic mass is 10.2. The highest BCUT2D eigenvalue weighted by Crippen LogP contribution is 2.38. The van der Waals surface area contributed by atoms with Crippen LogP contribution in [-0.4, -0.2) is 33.7 Å². The molecule has 0 spiro atoms. The number of aromatic nitrogens is 2. The van der Waals surface area contributed by atoms with Crippen molar-refractivity contribution in [3.8, 4) is 5.88 Å². The number of pyridine rings is 1. The molecule has 132 valence electrons. The number of para-hydroxylation sites is 1. The van der Waals surface area contributed by atoms with Gasteiger partial charge in [-0.3, -0.25) is 14.3 Å². The largest absolute Gasteiger partial charge is 0.493 e. The minimum Gasteiger partial charge on any atom is -0.493 e. The monoisotopic (exact) mass is 350 g/mol. The molecule has 0 unspecified atom stereocenters. The number of fused-ring (bicyclic) bond motifs is 1. The molecule has 1 aliphatic heterocycles. The van der Waals surface area contributed by atoms with Crippen molar-refractivity contribution in [1.29, 1.82) is 0 Å². The predicted octanol–water partition coefficient (Wildman–Crippen LogP) is 2.30. The topological polar surface area (TPSA) is 84.3 Å². The Morgan fingerprint density at radius 2 is 1.88 bits per heavy atom. The molecule has 3 heterocycles. The molecule has 2 N–H and O–H groups in total. The van der Waals surface area contributed by atoms with Crippen molar-refractivity contribution in [3.05, 3.63) is 54.4 Å². The standard InChI is InChI=1S/C19H19N5O2/c25-18(14-7-9-20-10-8-14)22-21-17-15-5-1-2-6-16(15)24(19(17)26)13-23-11-3-4-12-23/h1-2,5-10,26H,3-4,11-13H2/p+1. The molecule has 0 aliphatic carbocycles. The normalized spacial score (nSPS) is 15.2. The lowest BCUT2D eigenvalue weighted by molar-refractivity contribution is -0.910. The van der Waals surface area contributed by atoms with Crippen molar-refractivity contribution in [1.82, 2.24) is 9.55 Å². The van der Waals surface area contributed by atoms with Gasteiger partial charge >= 0.3 is 0 Å². The highest BCUT2D eigenvalue weighted by atomic mass is 16.3. The molecule has 7 heteroatoms. The van der Waals surface area contributed by atoms with Crippen molar-refractivity contribution < 1.29 is 14.8 Å². The Bertz CT molecular complexity index is 959. The number of amides is 1. The first kappa shape index (κ1) is 16.4. The molecule has 0 atom stereocenters. The number of hydrogen-bond donors (Lipinski definition) is 2. The molecule has 0 saturated carbocycles. The Morgan fingerprint density at radius 1 is 1.15 bits per heavy atom. The summed E-state index contributed by atoms with van der Waals surface area (Å²) in [5.41, 5.74) is 1.64. The predicted molar refractivity (Wildman–Crippen MR) is 96.6 cm³/mol. The lowest BCUT2D eigenvalue weighted by Gasteiger charge is -2.14. The number of nitrogens with one attached hydrogen (secondary N) is 1. The van der Waals surface area contributed by atoms with E-state index in [0.29, 0.717) is 17.9 Å². The average Bonchev–Trinajstić information content (AvgIpc) is 3.28. The SMILES string of the molecule is O=C(N=Nc1c(O)n(C[NH+]2CCCC2)c2ccccc12)c1ccncc1. The molecule has 1 aromatic carbocycles. The second-order valence-electron chi connectivity index (χ2n) is 6.47. The zero-order chi connectivity index (χ0) is 17.9. The third kappa shape index (κ3) is 3.09. The van der Waals surface area contributed by atoms with Gasteiger partial charge in [0, 0.05) is 36.2 Å². The molecule has 0 bridgehead atoms. The molecular weight excluding hydrogens is 330 g/mol. The van der Waals surface area contributed by atoms with E-state index in [4.69, 9.17) is 0 Å². The number of nitrogens with zero attached hydrogens (tertiary/aromatic N) is 4. The molecule has 26 heavy (non-hydrogen) atoms. The Labute approximate surface area is 150 Å². The maximum Gasteiger partial charge on any atom is 0.295 e. The van der Waals surface area contributed by atoms with Crippen LogP contribution in [0.4, 0.5) is 5.69 Å². The molecule has 3 aromatic rings. The van der Waals surface area contributed by atoms with Crippen LogP contribution in [0.3, 0.4) is 0 Å². The summed E-state index contributed by atoms with van der Waals surface area (Å²) in [6.45, 7) is 2.88. The molecule has 1 fully saturated rings. The first-order valence-corrected chi connectivity index (χ1v) is 8.74. The Balaban J connectivity index is 1.69. The van der Waals surface area contributed by atoms with Crippen molar-refractivity contribution >= 4 is 22.5 Å². The fraction of sp³-hybridized carbons (Fsp3) is 0.263. The summed E-state index contributed by atoms with van der Waals surface area (Å²) >= 11 is 0. The summed E-state index contributed by atoms with van der Waals surface area (Å²) in [4.78, 5) is 17.5. The molecule has 1 amide bonds. The van der Waals surface area contributed by atoms with E-state index in [0.717, 1.165) is 24.0 Å². The van der Waals surface area contributed by atoms with E-state index in [1.165, 1.54) is 30.1 Å². The fourth-order valence-electron chi connectivity index (χ4n) is 3.43. The number of quaternary nitrogens is 1. The minimum atomic E-state index is -0.464. The van der Waals surface area contributed by atoms with Gasteiger partial charge in [-0.2, -0.15) is 0 Å². The number of azo groups is 1. The van der Waals surface area contributed by atoms with E-state index in [1.807, 2.05) is 28.8 Å². The van der Waals surface area contributed by atoms with Crippen molar-refractivity contribution in [2.24, 2.45) is 10.2 Å². The van der Waals surface area contributed by atoms with E-state index in [1.54, 1.807) is 12.1 Å². The Hall–Kier alpha value is -3.06. The number of carbonyl (C=O) groups excluding carboxylic acids is 1. The van der Waals surface area contributed by atoms with Crippen molar-refractivity contribution in [3.63, 3.8) is 0 Å². The van der Waals surface area contributed by atoms with E-state index in [9.17, 15) is 9.90 Å². The van der Waals surface area contributed by atoms with E-state index < -0.39 is 5.91 Å². The van der Waals surface area contributed by atoms with Crippen molar-refractivity contribution in [2.75, 3.05) is 13.1 Å². The van der Waals surface area contributed by atoms with Gasteiger partial charge in [0.25, 0.3) is 5.91 Å². The second-order valence-corrected chi connectivity index (χ2v) is 6.47. The van der Waals surface area contributed by atoms with Crippen LogP contribution in [0.25, 0.3) is 10.9 Å². The quantitative estimate of drug-likeness (QED) is 0.708. The van der Waals surface area contributed by atoms with Crippen LogP contribution < -0.4 is 4.90 Å². The summed E-state index contributed by atoms with van der Waals surface area (Å²) in [5.74, 6) is -0.411. The van der Waals surface area contributed by atoms with Gasteiger partial charge in [0.05, 0.1) is 18.6 Å². The van der Waals surface area contributed by atoms with E-state index >= 15 is 0 Å². The minimum absolute atomic E-state index is 0.0527. The number of rotatable bonds is 4. The number of likely N-dealkylation sites (tertiary alicyclic amines) is 1. The highest BCUT2D eigenvalue weighted by Gasteiger charge is 2.22. The maximum atomic E-state index is 12.2. The molecule has 1 saturated heterocycles. The number of hydrogen-bond acceptors (Lipinski definition) is 4. The molecule has 0 radical (unpaired) electrons. The van der Waals surface area contributed by atoms with Gasteiger partial charge in [-0.15, -0.1) is 10.2 Å². The molecule has 2 aromatic heterocycles. The van der Waals surface area contributed by atoms with Crippen LogP contribution in [0.5, 0.6) is 5.88 Å². The first-order chi connectivity index (χ1) is 12.7. The van der Waals surface area contributed by atoms with Gasteiger partial charge in [-0.05, 0) is 18.2 Å². The third-order valence-electron chi connectivity index (χ3n) is 4.78. The number of benzene rings is 1. The summed E-state index contributed by atoms with van der Waals surface area (Å²) in [7, 11) is 0. The maximum absolute atomic E-state index is 12.2. The molecule has 4 rings (SSSR count). The number of aromatic hydroxyl groups is 1. The van der Waals surface area contributed by atoms with Gasteiger partial charge in [0.15, 0.2) is 12.4 Å². The van der Waals surface area contributed by atoms with Crippen LogP contribution in [0, 0.1) is 0 Å². The molecule has 7 nitrogen and oxygen atoms in total. The van der Waals surface area contributed by atoms with Crippen LogP contribution in [-0.2, 0) is 6.67 Å². The van der Waals surface area contributed by atoms with E-state index in [2.05, 4.69) is 15.2 Å². The number of carbonyl (C=O) groups is 1. The zero-order valence-corrected chi connectivity index (χ0v) is 14.3. The molecular formula is C19H20N5O2+. The van der Waals surface area contributed by atoms with Gasteiger partial charge in [0.2, 0.25) is 5.88 Å². The first-order valence-electron chi connectivity index (χ1n) is 8.74. The Kier molecular flexibility index (Phi) is 4.45. The fourth-order valence-corrected chi connectivity index (χ4v) is 3.43. The summed E-state index contributed by atoms with van der Waals surface area (Å²) in [6, 6.07) is 10.8. The third-order valence-corrected chi connectivity index (χ3v) is 4.78. The van der Waals surface area contributed by atoms with Crippen LogP contribution in [0.1, 0.15) is 23.2 Å². The van der Waals surface area contributed by atoms with Gasteiger partial charge in [-0.1, -0.05) is 18.2 Å². The molecule has 1 aliphatic rings. The highest BCUT2D eigenvalue weighted by molar-refractivity contribution is 5.97. The Morgan fingerprint density at radius 3 is 2.65 bits per heavy atom. The van der Waals surface area contributed by atoms with Gasteiger partial charge < -0.3 is 10.0 Å². The summed E-state index contributed by atoms with van der Waals surface area (Å²) in [5, 5.41) is 19.4. The lowest BCUT2D eigenvalue weighted by Crippen LogP contribution is -3.09. The van der Waals surface area contributed by atoms with E-state index in [-0.39, 0.29) is 5.88 Å². The van der Waals surface area contributed by atoms with Crippen LogP contribution in [0.15, 0.2) is 59.0 Å². The van der Waals surface area contributed by atoms with Crippen LogP contribution in [0.2, 0.25) is 0 Å². The smallest absolute Gasteiger partial charge is 0.295 e.